The van der Waals surface area contributed by atoms with Gasteiger partial charge in [-0.2, -0.15) is 0 Å². The predicted octanol–water partition coefficient (Wildman–Crippen LogP) is 3.42. The largest absolute Gasteiger partial charge is 0.242 e. The summed E-state index contributed by atoms with van der Waals surface area (Å²) in [6, 6.07) is 3.78. The number of aromatic nitrogens is 4. The highest BCUT2D eigenvalue weighted by Crippen LogP contribution is 2.30. The molecule has 0 fully saturated rings. The lowest BCUT2D eigenvalue weighted by Crippen LogP contribution is -1.95. The van der Waals surface area contributed by atoms with Crippen LogP contribution in [-0.4, -0.2) is 19.9 Å². The molecule has 0 unspecified atom stereocenters. The molecule has 0 saturated heterocycles. The summed E-state index contributed by atoms with van der Waals surface area (Å²) in [6.45, 7) is 3.86. The van der Waals surface area contributed by atoms with Crippen LogP contribution in [0.25, 0.3) is 21.7 Å². The quantitative estimate of drug-likeness (QED) is 0.639. The zero-order valence-electron chi connectivity index (χ0n) is 9.81. The topological polar surface area (TPSA) is 51.6 Å². The molecule has 0 aliphatic rings. The van der Waals surface area contributed by atoms with Gasteiger partial charge in [-0.15, -0.1) is 11.3 Å². The second-order valence-electron chi connectivity index (χ2n) is 3.90. The van der Waals surface area contributed by atoms with Gasteiger partial charge in [-0.3, -0.25) is 0 Å². The average Bonchev–Trinajstić information content (AvgIpc) is 2.70. The maximum absolute atomic E-state index is 6.18. The molecule has 0 amide bonds. The number of fused-ring (bicyclic) bond motifs is 1. The van der Waals surface area contributed by atoms with E-state index < -0.39 is 0 Å². The summed E-state index contributed by atoms with van der Waals surface area (Å²) in [4.78, 5) is 19.2. The Labute approximate surface area is 113 Å². The van der Waals surface area contributed by atoms with Gasteiger partial charge in [0, 0.05) is 16.5 Å². The van der Waals surface area contributed by atoms with Crippen molar-refractivity contribution < 1.29 is 0 Å². The average molecular weight is 277 g/mol. The molecule has 0 aromatic carbocycles. The first-order valence-corrected chi connectivity index (χ1v) is 6.56. The molecule has 0 saturated carbocycles. The number of hydrogen-bond acceptors (Lipinski definition) is 5. The van der Waals surface area contributed by atoms with Crippen LogP contribution in [-0.2, 0) is 0 Å². The number of hydrogen-bond donors (Lipinski definition) is 0. The molecule has 3 aromatic heterocycles. The van der Waals surface area contributed by atoms with Gasteiger partial charge in [-0.25, -0.2) is 19.9 Å². The van der Waals surface area contributed by atoms with E-state index in [9.17, 15) is 0 Å². The number of rotatable bonds is 1. The summed E-state index contributed by atoms with van der Waals surface area (Å²) < 4.78 is 0. The Balaban J connectivity index is 2.24. The van der Waals surface area contributed by atoms with Crippen molar-refractivity contribution in [2.45, 2.75) is 13.8 Å². The third-order valence-electron chi connectivity index (χ3n) is 2.47. The Hall–Kier alpha value is -1.59. The van der Waals surface area contributed by atoms with Crippen LogP contribution in [0.15, 0.2) is 18.3 Å². The lowest BCUT2D eigenvalue weighted by Gasteiger charge is -2.01. The fourth-order valence-electron chi connectivity index (χ4n) is 1.70. The van der Waals surface area contributed by atoms with Gasteiger partial charge in [0.05, 0.1) is 0 Å². The standard InChI is InChI=1S/C12H9ClN4S/c1-6-5-8-10(13)16-11(17-12(8)18-6)9-3-4-14-7(2)15-9/h3-5H,1-2H3. The maximum Gasteiger partial charge on any atom is 0.181 e. The van der Waals surface area contributed by atoms with E-state index in [0.29, 0.717) is 22.5 Å². The number of aryl methyl sites for hydroxylation is 2. The van der Waals surface area contributed by atoms with E-state index in [0.717, 1.165) is 15.1 Å². The summed E-state index contributed by atoms with van der Waals surface area (Å²) >= 11 is 7.78. The van der Waals surface area contributed by atoms with Gasteiger partial charge in [0.25, 0.3) is 0 Å². The third kappa shape index (κ3) is 1.95. The van der Waals surface area contributed by atoms with Crippen molar-refractivity contribution in [1.29, 1.82) is 0 Å². The Morgan fingerprint density at radius 3 is 2.78 bits per heavy atom. The van der Waals surface area contributed by atoms with Crippen molar-refractivity contribution >= 4 is 33.2 Å². The monoisotopic (exact) mass is 276 g/mol. The van der Waals surface area contributed by atoms with Gasteiger partial charge >= 0.3 is 0 Å². The number of halogens is 1. The fraction of sp³-hybridized carbons (Fsp3) is 0.167. The summed E-state index contributed by atoms with van der Waals surface area (Å²) in [5, 5.41) is 1.37. The highest BCUT2D eigenvalue weighted by molar-refractivity contribution is 7.18. The first-order chi connectivity index (χ1) is 8.63. The van der Waals surface area contributed by atoms with Crippen LogP contribution >= 0.6 is 22.9 Å². The molecule has 0 bridgehead atoms. The highest BCUT2D eigenvalue weighted by atomic mass is 35.5. The first-order valence-electron chi connectivity index (χ1n) is 5.37. The summed E-state index contributed by atoms with van der Waals surface area (Å²) in [7, 11) is 0. The van der Waals surface area contributed by atoms with Gasteiger partial charge in [-0.1, -0.05) is 11.6 Å². The predicted molar refractivity (Wildman–Crippen MR) is 72.9 cm³/mol. The van der Waals surface area contributed by atoms with Crippen LogP contribution in [0.4, 0.5) is 0 Å². The van der Waals surface area contributed by atoms with Crippen molar-refractivity contribution in [3.8, 4) is 11.5 Å². The lowest BCUT2D eigenvalue weighted by molar-refractivity contribution is 1.04. The van der Waals surface area contributed by atoms with E-state index in [1.54, 1.807) is 23.6 Å². The molecule has 0 aliphatic heterocycles. The minimum atomic E-state index is 0.468. The van der Waals surface area contributed by atoms with Crippen molar-refractivity contribution in [3.63, 3.8) is 0 Å². The molecule has 0 N–H and O–H groups in total. The van der Waals surface area contributed by atoms with Crippen LogP contribution in [0.5, 0.6) is 0 Å². The molecule has 18 heavy (non-hydrogen) atoms. The molecule has 0 radical (unpaired) electrons. The molecule has 90 valence electrons. The number of nitrogens with zero attached hydrogens (tertiary/aromatic N) is 4. The van der Waals surface area contributed by atoms with Crippen molar-refractivity contribution in [1.82, 2.24) is 19.9 Å². The van der Waals surface area contributed by atoms with E-state index in [2.05, 4.69) is 19.9 Å². The second-order valence-corrected chi connectivity index (χ2v) is 5.50. The zero-order chi connectivity index (χ0) is 12.7. The van der Waals surface area contributed by atoms with Gasteiger partial charge in [0.1, 0.15) is 21.5 Å². The van der Waals surface area contributed by atoms with Crippen molar-refractivity contribution in [2.24, 2.45) is 0 Å². The Bertz CT molecular complexity index is 738. The summed E-state index contributed by atoms with van der Waals surface area (Å²) in [6.07, 6.45) is 1.69. The van der Waals surface area contributed by atoms with Gasteiger partial charge < -0.3 is 0 Å². The maximum atomic E-state index is 6.18. The summed E-state index contributed by atoms with van der Waals surface area (Å²) in [5.74, 6) is 1.23. The van der Waals surface area contributed by atoms with Crippen LogP contribution < -0.4 is 0 Å². The zero-order valence-corrected chi connectivity index (χ0v) is 11.4. The van der Waals surface area contributed by atoms with E-state index in [-0.39, 0.29) is 0 Å². The van der Waals surface area contributed by atoms with Gasteiger partial charge in [0.15, 0.2) is 5.82 Å². The van der Waals surface area contributed by atoms with Crippen LogP contribution in [0.2, 0.25) is 5.15 Å². The molecular formula is C12H9ClN4S. The van der Waals surface area contributed by atoms with E-state index in [4.69, 9.17) is 11.6 Å². The molecule has 6 heteroatoms. The van der Waals surface area contributed by atoms with E-state index in [1.807, 2.05) is 19.9 Å². The Kier molecular flexibility index (Phi) is 2.72. The van der Waals surface area contributed by atoms with Crippen LogP contribution in [0.3, 0.4) is 0 Å². The van der Waals surface area contributed by atoms with Crippen molar-refractivity contribution in [3.05, 3.63) is 34.2 Å². The minimum absolute atomic E-state index is 0.468. The Morgan fingerprint density at radius 1 is 1.17 bits per heavy atom. The smallest absolute Gasteiger partial charge is 0.181 e. The van der Waals surface area contributed by atoms with Crippen LogP contribution in [0.1, 0.15) is 10.7 Å². The lowest BCUT2D eigenvalue weighted by atomic mass is 10.3. The van der Waals surface area contributed by atoms with E-state index >= 15 is 0 Å². The number of thiophene rings is 1. The third-order valence-corrected chi connectivity index (χ3v) is 3.71. The Morgan fingerprint density at radius 2 is 2.00 bits per heavy atom. The minimum Gasteiger partial charge on any atom is -0.242 e. The van der Waals surface area contributed by atoms with Gasteiger partial charge in [0.2, 0.25) is 0 Å². The van der Waals surface area contributed by atoms with Gasteiger partial charge in [-0.05, 0) is 26.0 Å². The van der Waals surface area contributed by atoms with Crippen LogP contribution in [0, 0.1) is 13.8 Å². The molecule has 0 aliphatic carbocycles. The fourth-order valence-corrected chi connectivity index (χ4v) is 2.86. The SMILES string of the molecule is Cc1nccc(-c2nc(Cl)c3cc(C)sc3n2)n1. The first kappa shape index (κ1) is 11.5. The molecule has 3 rings (SSSR count). The highest BCUT2D eigenvalue weighted by Gasteiger charge is 2.11. The van der Waals surface area contributed by atoms with Crippen molar-refractivity contribution in [2.75, 3.05) is 0 Å². The molecule has 0 atom stereocenters. The second kappa shape index (κ2) is 4.26. The molecule has 3 aromatic rings. The summed E-state index contributed by atoms with van der Waals surface area (Å²) in [5.41, 5.74) is 0.692. The molecule has 0 spiro atoms. The normalized spacial score (nSPS) is 11.1. The molecule has 3 heterocycles. The molecule has 4 nitrogen and oxygen atoms in total. The molecular weight excluding hydrogens is 268 g/mol. The van der Waals surface area contributed by atoms with E-state index in [1.165, 1.54) is 0 Å².